The number of aromatic nitrogens is 2. The van der Waals surface area contributed by atoms with Crippen LogP contribution in [0.2, 0.25) is 0 Å². The SMILES string of the molecule is Cc1cccc(Nc2cccc([C@H]3CN(C(=O)CC4=CC(C)(C)NC(C)(C)C4)CCO3)n2)n1. The molecular formula is C26H35N5O2. The molecule has 7 heteroatoms. The second-order valence-corrected chi connectivity index (χ2v) is 10.3. The molecule has 0 saturated carbocycles. The molecule has 0 aliphatic carbocycles. The number of ether oxygens (including phenoxy) is 1. The molecule has 2 aromatic rings. The van der Waals surface area contributed by atoms with E-state index in [1.54, 1.807) is 0 Å². The summed E-state index contributed by atoms with van der Waals surface area (Å²) in [6.45, 7) is 12.3. The molecule has 4 rings (SSSR count). The van der Waals surface area contributed by atoms with Gasteiger partial charge in [-0.15, -0.1) is 0 Å². The Hall–Kier alpha value is -2.77. The topological polar surface area (TPSA) is 79.4 Å². The Labute approximate surface area is 196 Å². The third-order valence-electron chi connectivity index (χ3n) is 5.94. The zero-order valence-electron chi connectivity index (χ0n) is 20.3. The first-order valence-electron chi connectivity index (χ1n) is 11.7. The molecule has 0 unspecified atom stereocenters. The van der Waals surface area contributed by atoms with Gasteiger partial charge in [0.2, 0.25) is 5.91 Å². The molecule has 7 nitrogen and oxygen atoms in total. The number of morpholine rings is 1. The van der Waals surface area contributed by atoms with Gasteiger partial charge in [0.25, 0.3) is 0 Å². The molecule has 33 heavy (non-hydrogen) atoms. The minimum atomic E-state index is -0.246. The molecule has 2 aliphatic rings. The molecule has 1 atom stereocenters. The Balaban J connectivity index is 1.42. The number of rotatable bonds is 5. The van der Waals surface area contributed by atoms with Crippen molar-refractivity contribution < 1.29 is 9.53 Å². The Morgan fingerprint density at radius 1 is 1.15 bits per heavy atom. The monoisotopic (exact) mass is 449 g/mol. The second-order valence-electron chi connectivity index (χ2n) is 10.3. The van der Waals surface area contributed by atoms with Crippen LogP contribution in [0.5, 0.6) is 0 Å². The highest BCUT2D eigenvalue weighted by Crippen LogP contribution is 2.30. The van der Waals surface area contributed by atoms with Crippen molar-refractivity contribution in [2.75, 3.05) is 25.0 Å². The van der Waals surface area contributed by atoms with Crippen LogP contribution in [0.1, 0.15) is 58.0 Å². The molecule has 2 aliphatic heterocycles. The van der Waals surface area contributed by atoms with Gasteiger partial charge in [0.15, 0.2) is 0 Å². The van der Waals surface area contributed by atoms with Gasteiger partial charge in [-0.25, -0.2) is 9.97 Å². The molecule has 176 valence electrons. The predicted octanol–water partition coefficient (Wildman–Crippen LogP) is 4.30. The van der Waals surface area contributed by atoms with E-state index in [1.165, 1.54) is 5.57 Å². The van der Waals surface area contributed by atoms with Crippen LogP contribution in [-0.4, -0.2) is 51.5 Å². The quantitative estimate of drug-likeness (QED) is 0.663. The van der Waals surface area contributed by atoms with Crippen molar-refractivity contribution in [3.05, 3.63) is 59.4 Å². The summed E-state index contributed by atoms with van der Waals surface area (Å²) >= 11 is 0. The van der Waals surface area contributed by atoms with E-state index in [0.717, 1.165) is 23.6 Å². The Morgan fingerprint density at radius 3 is 2.61 bits per heavy atom. The summed E-state index contributed by atoms with van der Waals surface area (Å²) in [5.74, 6) is 1.62. The minimum absolute atomic E-state index is 0.0229. The summed E-state index contributed by atoms with van der Waals surface area (Å²) in [5, 5.41) is 6.88. The van der Waals surface area contributed by atoms with E-state index in [-0.39, 0.29) is 23.1 Å². The van der Waals surface area contributed by atoms with Crippen LogP contribution in [0.4, 0.5) is 11.6 Å². The molecular weight excluding hydrogens is 414 g/mol. The first-order valence-corrected chi connectivity index (χ1v) is 11.7. The van der Waals surface area contributed by atoms with Crippen molar-refractivity contribution in [3.63, 3.8) is 0 Å². The van der Waals surface area contributed by atoms with Gasteiger partial charge < -0.3 is 20.3 Å². The highest BCUT2D eigenvalue weighted by molar-refractivity contribution is 5.79. The standard InChI is InChI=1S/C26H35N5O2/c1-18-8-6-10-22(27-18)29-23-11-7-9-20(28-23)21-17-31(12-13-33-21)24(32)14-19-15-25(2,3)30-26(4,5)16-19/h6-11,15,21,30H,12-14,16-17H2,1-5H3,(H,27,28,29)/t21-/m1/s1. The van der Waals surface area contributed by atoms with Crippen LogP contribution in [0.3, 0.4) is 0 Å². The summed E-state index contributed by atoms with van der Waals surface area (Å²) in [6, 6.07) is 11.6. The van der Waals surface area contributed by atoms with Crippen molar-refractivity contribution in [2.24, 2.45) is 0 Å². The van der Waals surface area contributed by atoms with Crippen LogP contribution in [-0.2, 0) is 9.53 Å². The van der Waals surface area contributed by atoms with E-state index in [2.05, 4.69) is 49.4 Å². The van der Waals surface area contributed by atoms with Crippen molar-refractivity contribution in [1.29, 1.82) is 0 Å². The van der Waals surface area contributed by atoms with E-state index in [4.69, 9.17) is 9.72 Å². The van der Waals surface area contributed by atoms with Crippen LogP contribution < -0.4 is 10.6 Å². The zero-order chi connectivity index (χ0) is 23.6. The number of carbonyl (C=O) groups is 1. The van der Waals surface area contributed by atoms with E-state index < -0.39 is 0 Å². The molecule has 4 heterocycles. The molecule has 2 N–H and O–H groups in total. The summed E-state index contributed by atoms with van der Waals surface area (Å²) in [4.78, 5) is 24.3. The van der Waals surface area contributed by atoms with Gasteiger partial charge in [0.1, 0.15) is 17.7 Å². The van der Waals surface area contributed by atoms with E-state index in [0.29, 0.717) is 31.9 Å². The average Bonchev–Trinajstić information content (AvgIpc) is 2.72. The number of nitrogens with one attached hydrogen (secondary N) is 2. The smallest absolute Gasteiger partial charge is 0.226 e. The normalized spacial score (nSPS) is 21.9. The third-order valence-corrected chi connectivity index (χ3v) is 5.94. The van der Waals surface area contributed by atoms with Crippen molar-refractivity contribution >= 4 is 17.5 Å². The average molecular weight is 450 g/mol. The lowest BCUT2D eigenvalue weighted by Gasteiger charge is -2.41. The van der Waals surface area contributed by atoms with Crippen LogP contribution in [0.15, 0.2) is 48.0 Å². The summed E-state index contributed by atoms with van der Waals surface area (Å²) in [7, 11) is 0. The fraction of sp³-hybridized carbons (Fsp3) is 0.500. The zero-order valence-corrected chi connectivity index (χ0v) is 20.3. The number of hydrogen-bond acceptors (Lipinski definition) is 6. The second kappa shape index (κ2) is 9.23. The van der Waals surface area contributed by atoms with Crippen LogP contribution in [0.25, 0.3) is 0 Å². The number of carbonyl (C=O) groups excluding carboxylic acids is 1. The van der Waals surface area contributed by atoms with Crippen molar-refractivity contribution in [3.8, 4) is 0 Å². The van der Waals surface area contributed by atoms with E-state index in [1.807, 2.05) is 48.2 Å². The highest BCUT2D eigenvalue weighted by Gasteiger charge is 2.34. The molecule has 1 amide bonds. The van der Waals surface area contributed by atoms with Gasteiger partial charge in [-0.05, 0) is 65.3 Å². The number of hydrogen-bond donors (Lipinski definition) is 2. The Bertz CT molecular complexity index is 1050. The van der Waals surface area contributed by atoms with E-state index in [9.17, 15) is 4.79 Å². The molecule has 1 saturated heterocycles. The van der Waals surface area contributed by atoms with Gasteiger partial charge in [-0.2, -0.15) is 0 Å². The van der Waals surface area contributed by atoms with Gasteiger partial charge >= 0.3 is 0 Å². The molecule has 2 aromatic heterocycles. The number of nitrogens with zero attached hydrogens (tertiary/aromatic N) is 3. The van der Waals surface area contributed by atoms with Crippen LogP contribution >= 0.6 is 0 Å². The van der Waals surface area contributed by atoms with E-state index >= 15 is 0 Å². The Morgan fingerprint density at radius 2 is 1.88 bits per heavy atom. The molecule has 0 spiro atoms. The largest absolute Gasteiger partial charge is 0.368 e. The lowest BCUT2D eigenvalue weighted by atomic mass is 9.82. The Kier molecular flexibility index (Phi) is 6.54. The van der Waals surface area contributed by atoms with Gasteiger partial charge in [0.05, 0.1) is 18.8 Å². The number of aryl methyl sites for hydroxylation is 1. The maximum atomic E-state index is 13.2. The van der Waals surface area contributed by atoms with Gasteiger partial charge in [-0.3, -0.25) is 4.79 Å². The summed E-state index contributed by atoms with van der Waals surface area (Å²) in [5.41, 5.74) is 2.82. The maximum Gasteiger partial charge on any atom is 0.226 e. The summed E-state index contributed by atoms with van der Waals surface area (Å²) < 4.78 is 6.00. The summed E-state index contributed by atoms with van der Waals surface area (Å²) in [6.07, 6.45) is 3.29. The van der Waals surface area contributed by atoms with Gasteiger partial charge in [-0.1, -0.05) is 23.8 Å². The van der Waals surface area contributed by atoms with Crippen LogP contribution in [0, 0.1) is 6.92 Å². The minimum Gasteiger partial charge on any atom is -0.368 e. The third kappa shape index (κ3) is 6.18. The maximum absolute atomic E-state index is 13.2. The predicted molar refractivity (Wildman–Crippen MR) is 130 cm³/mol. The van der Waals surface area contributed by atoms with Crippen molar-refractivity contribution in [1.82, 2.24) is 20.2 Å². The lowest BCUT2D eigenvalue weighted by Crippen LogP contribution is -2.54. The molecule has 1 fully saturated rings. The van der Waals surface area contributed by atoms with Crippen molar-refractivity contribution in [2.45, 2.75) is 64.6 Å². The molecule has 0 radical (unpaired) electrons. The highest BCUT2D eigenvalue weighted by atomic mass is 16.5. The number of anilines is 2. The number of amides is 1. The lowest BCUT2D eigenvalue weighted by molar-refractivity contribution is -0.138. The first kappa shape index (κ1) is 23.4. The fourth-order valence-corrected chi connectivity index (χ4v) is 5.00. The number of pyridine rings is 2. The van der Waals surface area contributed by atoms with Gasteiger partial charge in [0, 0.05) is 29.7 Å². The first-order chi connectivity index (χ1) is 15.6. The molecule has 0 bridgehead atoms. The fourth-order valence-electron chi connectivity index (χ4n) is 5.00. The molecule has 0 aromatic carbocycles.